The minimum absolute atomic E-state index is 0.0361. The molecule has 0 fully saturated rings. The molecule has 19 heavy (non-hydrogen) atoms. The normalized spacial score (nSPS) is 12.7. The van der Waals surface area contributed by atoms with Gasteiger partial charge in [0.15, 0.2) is 15.7 Å². The fourth-order valence-electron chi connectivity index (χ4n) is 1.54. The Morgan fingerprint density at radius 1 is 1.47 bits per heavy atom. The van der Waals surface area contributed by atoms with Crippen molar-refractivity contribution in [3.8, 4) is 0 Å². The van der Waals surface area contributed by atoms with Crippen LogP contribution in [0.1, 0.15) is 27.2 Å². The molecule has 0 spiro atoms. The number of nitrogens with zero attached hydrogens (tertiary/aromatic N) is 2. The first kappa shape index (κ1) is 16.2. The van der Waals surface area contributed by atoms with Gasteiger partial charge in [-0.1, -0.05) is 6.92 Å². The average molecular weight is 307 g/mol. The van der Waals surface area contributed by atoms with E-state index in [0.717, 1.165) is 11.5 Å². The average Bonchev–Trinajstić information content (AvgIpc) is 2.70. The molecule has 0 bridgehead atoms. The van der Waals surface area contributed by atoms with Crippen LogP contribution in [0.5, 0.6) is 0 Å². The number of sulfone groups is 1. The summed E-state index contributed by atoms with van der Waals surface area (Å²) in [7, 11) is -1.71. The summed E-state index contributed by atoms with van der Waals surface area (Å²) in [5, 5.41) is 9.87. The Balaban J connectivity index is 3.34. The highest BCUT2D eigenvalue weighted by molar-refractivity contribution is 7.91. The van der Waals surface area contributed by atoms with E-state index in [1.165, 1.54) is 0 Å². The summed E-state index contributed by atoms with van der Waals surface area (Å²) in [4.78, 5) is 1.80. The number of nitrogens with two attached hydrogens (primary N) is 1. The number of likely N-dealkylation sites (N-methyl/N-ethyl adjacent to an activating group) is 1. The van der Waals surface area contributed by atoms with Crippen molar-refractivity contribution in [2.75, 3.05) is 30.0 Å². The molecular formula is C11H21N3O3S2. The van der Waals surface area contributed by atoms with Crippen molar-refractivity contribution in [1.29, 1.82) is 0 Å². The molecule has 0 aliphatic heterocycles. The maximum absolute atomic E-state index is 12.3. The molecule has 3 N–H and O–H groups in total. The van der Waals surface area contributed by atoms with E-state index in [2.05, 4.69) is 4.37 Å². The van der Waals surface area contributed by atoms with Gasteiger partial charge in [-0.3, -0.25) is 0 Å². The van der Waals surface area contributed by atoms with E-state index in [4.69, 9.17) is 5.73 Å². The molecule has 1 heterocycles. The molecule has 0 radical (unpaired) electrons. The van der Waals surface area contributed by atoms with Crippen LogP contribution in [0.15, 0.2) is 4.90 Å². The van der Waals surface area contributed by atoms with E-state index < -0.39 is 15.4 Å². The zero-order valence-corrected chi connectivity index (χ0v) is 13.3. The number of hydrogen-bond acceptors (Lipinski definition) is 7. The number of aliphatic hydroxyl groups is 1. The van der Waals surface area contributed by atoms with Crippen molar-refractivity contribution in [2.45, 2.75) is 37.6 Å². The van der Waals surface area contributed by atoms with Crippen LogP contribution in [0.25, 0.3) is 0 Å². The van der Waals surface area contributed by atoms with Gasteiger partial charge in [-0.15, -0.1) is 0 Å². The molecular weight excluding hydrogens is 286 g/mol. The Bertz CT molecular complexity index is 537. The van der Waals surface area contributed by atoms with E-state index >= 15 is 0 Å². The lowest BCUT2D eigenvalue weighted by molar-refractivity contribution is 0.216. The summed E-state index contributed by atoms with van der Waals surface area (Å²) in [5.74, 6) is 0.0739. The van der Waals surface area contributed by atoms with Gasteiger partial charge in [-0.25, -0.2) is 8.42 Å². The molecule has 1 aromatic heterocycles. The van der Waals surface area contributed by atoms with Crippen LogP contribution in [0, 0.1) is 0 Å². The first-order chi connectivity index (χ1) is 8.67. The van der Waals surface area contributed by atoms with Crippen molar-refractivity contribution < 1.29 is 13.5 Å². The topological polar surface area (TPSA) is 96.5 Å². The second kappa shape index (κ2) is 5.64. The highest BCUT2D eigenvalue weighted by atomic mass is 32.2. The molecule has 0 amide bonds. The van der Waals surface area contributed by atoms with Gasteiger partial charge in [0.25, 0.3) is 0 Å². The third kappa shape index (κ3) is 3.18. The largest absolute Gasteiger partial charge is 0.394 e. The maximum atomic E-state index is 12.3. The van der Waals surface area contributed by atoms with E-state index in [9.17, 15) is 13.5 Å². The predicted octanol–water partition coefficient (Wildman–Crippen LogP) is 1.12. The number of anilines is 2. The Morgan fingerprint density at radius 3 is 2.53 bits per heavy atom. The van der Waals surface area contributed by atoms with Gasteiger partial charge in [0, 0.05) is 7.05 Å². The summed E-state index contributed by atoms with van der Waals surface area (Å²) < 4.78 is 28.5. The zero-order chi connectivity index (χ0) is 14.8. The van der Waals surface area contributed by atoms with Gasteiger partial charge in [-0.2, -0.15) is 4.37 Å². The number of hydrogen-bond donors (Lipinski definition) is 2. The van der Waals surface area contributed by atoms with Crippen LogP contribution < -0.4 is 10.6 Å². The van der Waals surface area contributed by atoms with E-state index in [-0.39, 0.29) is 23.1 Å². The minimum Gasteiger partial charge on any atom is -0.394 e. The molecule has 8 heteroatoms. The smallest absolute Gasteiger partial charge is 0.185 e. The van der Waals surface area contributed by atoms with Crippen LogP contribution in [0.2, 0.25) is 0 Å². The predicted molar refractivity (Wildman–Crippen MR) is 78.4 cm³/mol. The molecule has 0 saturated carbocycles. The molecule has 1 rings (SSSR count). The molecule has 0 atom stereocenters. The lowest BCUT2D eigenvalue weighted by Crippen LogP contribution is -2.44. The van der Waals surface area contributed by atoms with Crippen molar-refractivity contribution in [3.05, 3.63) is 0 Å². The molecule has 0 unspecified atom stereocenters. The van der Waals surface area contributed by atoms with Crippen molar-refractivity contribution in [3.63, 3.8) is 0 Å². The molecule has 0 aromatic carbocycles. The molecule has 0 aliphatic carbocycles. The zero-order valence-electron chi connectivity index (χ0n) is 11.7. The van der Waals surface area contributed by atoms with E-state index in [0.29, 0.717) is 11.4 Å². The monoisotopic (exact) mass is 307 g/mol. The molecule has 6 nitrogen and oxygen atoms in total. The van der Waals surface area contributed by atoms with Crippen molar-refractivity contribution >= 4 is 32.2 Å². The highest BCUT2D eigenvalue weighted by Crippen LogP contribution is 2.37. The number of nitrogen functional groups attached to an aromatic ring is 1. The fraction of sp³-hybridized carbons (Fsp3) is 0.727. The molecule has 0 saturated heterocycles. The van der Waals surface area contributed by atoms with E-state index in [1.807, 2.05) is 13.8 Å². The van der Waals surface area contributed by atoms with E-state index in [1.54, 1.807) is 18.9 Å². The van der Waals surface area contributed by atoms with Crippen LogP contribution in [0.4, 0.5) is 10.8 Å². The van der Waals surface area contributed by atoms with Gasteiger partial charge >= 0.3 is 0 Å². The Hall–Kier alpha value is -0.860. The third-order valence-corrected chi connectivity index (χ3v) is 6.08. The summed E-state index contributed by atoms with van der Waals surface area (Å²) in [6.45, 7) is 5.33. The van der Waals surface area contributed by atoms with Gasteiger partial charge < -0.3 is 15.7 Å². The number of rotatable bonds is 6. The molecule has 1 aromatic rings. The van der Waals surface area contributed by atoms with Gasteiger partial charge in [-0.05, 0) is 31.8 Å². The van der Waals surface area contributed by atoms with Crippen molar-refractivity contribution in [2.24, 2.45) is 0 Å². The third-order valence-electron chi connectivity index (χ3n) is 3.04. The highest BCUT2D eigenvalue weighted by Gasteiger charge is 2.32. The number of aromatic nitrogens is 1. The van der Waals surface area contributed by atoms with Crippen LogP contribution in [-0.4, -0.2) is 42.8 Å². The Labute approximate surface area is 118 Å². The first-order valence-electron chi connectivity index (χ1n) is 6.00. The second-order valence-corrected chi connectivity index (χ2v) is 7.85. The van der Waals surface area contributed by atoms with Gasteiger partial charge in [0.05, 0.1) is 17.9 Å². The lowest BCUT2D eigenvalue weighted by atomic mass is 10.1. The minimum atomic E-state index is -3.44. The van der Waals surface area contributed by atoms with Crippen LogP contribution in [0.3, 0.4) is 0 Å². The first-order valence-corrected chi connectivity index (χ1v) is 8.42. The fourth-order valence-corrected chi connectivity index (χ4v) is 4.44. The Morgan fingerprint density at radius 2 is 2.05 bits per heavy atom. The van der Waals surface area contributed by atoms with Crippen molar-refractivity contribution in [1.82, 2.24) is 4.37 Å². The summed E-state index contributed by atoms with van der Waals surface area (Å²) in [6, 6.07) is 0. The second-order valence-electron chi connectivity index (χ2n) is 5.05. The molecule has 110 valence electrons. The lowest BCUT2D eigenvalue weighted by Gasteiger charge is -2.34. The van der Waals surface area contributed by atoms with Crippen LogP contribution >= 0.6 is 11.5 Å². The SMILES string of the molecule is CCCS(=O)(=O)c1c(N)nsc1N(C)C(C)(C)CO. The van der Waals surface area contributed by atoms with Gasteiger partial charge in [0.1, 0.15) is 9.90 Å². The quantitative estimate of drug-likeness (QED) is 0.817. The summed E-state index contributed by atoms with van der Waals surface area (Å²) >= 11 is 1.04. The Kier molecular flexibility index (Phi) is 4.81. The number of aliphatic hydroxyl groups excluding tert-OH is 1. The molecule has 0 aliphatic rings. The summed E-state index contributed by atoms with van der Waals surface area (Å²) in [6.07, 6.45) is 0.518. The maximum Gasteiger partial charge on any atom is 0.185 e. The van der Waals surface area contributed by atoms with Gasteiger partial charge in [0.2, 0.25) is 0 Å². The standard InChI is InChI=1S/C11H21N3O3S2/c1-5-6-19(16,17)8-9(12)13-18-10(8)14(4)11(2,3)7-15/h15H,5-7H2,1-4H3,(H2,12,13). The summed E-state index contributed by atoms with van der Waals surface area (Å²) in [5.41, 5.74) is 5.12. The van der Waals surface area contributed by atoms with Crippen LogP contribution in [-0.2, 0) is 9.84 Å².